The van der Waals surface area contributed by atoms with Crippen LogP contribution < -0.4 is 15.5 Å². The fourth-order valence-electron chi connectivity index (χ4n) is 1.95. The second-order valence-corrected chi connectivity index (χ2v) is 6.21. The number of thiazole rings is 1. The van der Waals surface area contributed by atoms with Gasteiger partial charge in [-0.05, 0) is 24.6 Å². The molecule has 134 valence electrons. The summed E-state index contributed by atoms with van der Waals surface area (Å²) >= 11 is 1.62. The molecule has 0 fully saturated rings. The van der Waals surface area contributed by atoms with Crippen molar-refractivity contribution in [1.29, 1.82) is 5.26 Å². The van der Waals surface area contributed by atoms with Crippen LogP contribution in [-0.4, -0.2) is 31.6 Å². The van der Waals surface area contributed by atoms with Crippen LogP contribution in [0, 0.1) is 11.3 Å². The number of hydrogen-bond donors (Lipinski definition) is 2. The Morgan fingerprint density at radius 3 is 2.56 bits per heavy atom. The highest BCUT2D eigenvalue weighted by Crippen LogP contribution is 2.17. The highest BCUT2D eigenvalue weighted by molar-refractivity contribution is 14.0. The van der Waals surface area contributed by atoms with Gasteiger partial charge in [0.15, 0.2) is 11.1 Å². The Balaban J connectivity index is 0.00000312. The maximum absolute atomic E-state index is 8.83. The van der Waals surface area contributed by atoms with Crippen molar-refractivity contribution in [2.75, 3.05) is 25.5 Å². The maximum Gasteiger partial charge on any atom is 0.191 e. The lowest BCUT2D eigenvalue weighted by atomic mass is 10.1. The zero-order valence-electron chi connectivity index (χ0n) is 14.6. The van der Waals surface area contributed by atoms with Gasteiger partial charge in [-0.2, -0.15) is 5.26 Å². The molecule has 6 nitrogen and oxygen atoms in total. The van der Waals surface area contributed by atoms with Crippen LogP contribution in [-0.2, 0) is 13.1 Å². The number of anilines is 1. The fraction of sp³-hybridized carbons (Fsp3) is 0.353. The van der Waals surface area contributed by atoms with Crippen LogP contribution in [0.1, 0.15) is 23.7 Å². The van der Waals surface area contributed by atoms with Gasteiger partial charge in [0, 0.05) is 26.0 Å². The van der Waals surface area contributed by atoms with Crippen LogP contribution in [0.25, 0.3) is 0 Å². The van der Waals surface area contributed by atoms with E-state index in [-0.39, 0.29) is 24.0 Å². The number of nitrogens with one attached hydrogen (secondary N) is 2. The van der Waals surface area contributed by atoms with Crippen molar-refractivity contribution in [3.63, 3.8) is 0 Å². The summed E-state index contributed by atoms with van der Waals surface area (Å²) in [4.78, 5) is 11.1. The molecule has 0 saturated carbocycles. The number of halogens is 1. The molecule has 1 aromatic heterocycles. The molecule has 2 aromatic rings. The third-order valence-electron chi connectivity index (χ3n) is 3.21. The Bertz CT molecular complexity index is 717. The number of nitriles is 1. The summed E-state index contributed by atoms with van der Waals surface area (Å²) in [5, 5.41) is 18.4. The predicted molar refractivity (Wildman–Crippen MR) is 115 cm³/mol. The number of hydrogen-bond acceptors (Lipinski definition) is 5. The summed E-state index contributed by atoms with van der Waals surface area (Å²) in [6.45, 7) is 4.01. The molecule has 1 heterocycles. The van der Waals surface area contributed by atoms with Gasteiger partial charge in [0.1, 0.15) is 0 Å². The second kappa shape index (κ2) is 10.9. The Hall–Kier alpha value is -1.86. The van der Waals surface area contributed by atoms with E-state index in [0.717, 1.165) is 28.9 Å². The van der Waals surface area contributed by atoms with Gasteiger partial charge in [-0.3, -0.25) is 0 Å². The lowest BCUT2D eigenvalue weighted by molar-refractivity contribution is 0.803. The first-order chi connectivity index (χ1) is 11.6. The Kier molecular flexibility index (Phi) is 9.23. The summed E-state index contributed by atoms with van der Waals surface area (Å²) in [7, 11) is 3.97. The molecule has 25 heavy (non-hydrogen) atoms. The normalized spacial score (nSPS) is 10.6. The molecule has 0 atom stereocenters. The van der Waals surface area contributed by atoms with Gasteiger partial charge in [-0.25, -0.2) is 9.98 Å². The van der Waals surface area contributed by atoms with Crippen molar-refractivity contribution in [2.24, 2.45) is 4.99 Å². The monoisotopic (exact) mass is 470 g/mol. The second-order valence-electron chi connectivity index (χ2n) is 5.37. The van der Waals surface area contributed by atoms with E-state index in [1.165, 1.54) is 0 Å². The third-order valence-corrected chi connectivity index (χ3v) is 4.26. The lowest BCUT2D eigenvalue weighted by Gasteiger charge is -2.10. The number of rotatable bonds is 6. The van der Waals surface area contributed by atoms with E-state index in [1.54, 1.807) is 11.3 Å². The Labute approximate surface area is 170 Å². The van der Waals surface area contributed by atoms with Gasteiger partial charge >= 0.3 is 0 Å². The molecule has 1 aromatic carbocycles. The molecular weight excluding hydrogens is 447 g/mol. The molecule has 0 saturated heterocycles. The molecule has 8 heteroatoms. The SMILES string of the molecule is CCNC(=NCc1ccc(C#N)cc1)NCc1csc(N(C)C)n1.I. The smallest absolute Gasteiger partial charge is 0.191 e. The highest BCUT2D eigenvalue weighted by atomic mass is 127. The van der Waals surface area contributed by atoms with Crippen LogP contribution in [0.4, 0.5) is 5.13 Å². The molecule has 2 rings (SSSR count). The van der Waals surface area contributed by atoms with Gasteiger partial charge in [0.05, 0.1) is 30.4 Å². The van der Waals surface area contributed by atoms with Crippen molar-refractivity contribution >= 4 is 46.4 Å². The number of benzene rings is 1. The molecule has 0 aliphatic heterocycles. The van der Waals surface area contributed by atoms with Crippen molar-refractivity contribution in [3.8, 4) is 6.07 Å². The number of nitrogens with zero attached hydrogens (tertiary/aromatic N) is 4. The van der Waals surface area contributed by atoms with Crippen LogP contribution in [0.15, 0.2) is 34.6 Å². The molecule has 0 spiro atoms. The summed E-state index contributed by atoms with van der Waals surface area (Å²) in [6, 6.07) is 9.59. The summed E-state index contributed by atoms with van der Waals surface area (Å²) in [5.74, 6) is 0.751. The van der Waals surface area contributed by atoms with E-state index in [2.05, 4.69) is 26.7 Å². The zero-order chi connectivity index (χ0) is 17.4. The Morgan fingerprint density at radius 2 is 2.00 bits per heavy atom. The molecule has 0 unspecified atom stereocenters. The average molecular weight is 470 g/mol. The van der Waals surface area contributed by atoms with Crippen LogP contribution in [0.5, 0.6) is 0 Å². The molecule has 0 amide bonds. The minimum absolute atomic E-state index is 0. The molecule has 2 N–H and O–H groups in total. The molecule has 0 radical (unpaired) electrons. The maximum atomic E-state index is 8.83. The van der Waals surface area contributed by atoms with Crippen molar-refractivity contribution < 1.29 is 0 Å². The third kappa shape index (κ3) is 6.88. The molecule has 0 aliphatic rings. The molecule has 0 aliphatic carbocycles. The first-order valence-electron chi connectivity index (χ1n) is 7.75. The number of guanidine groups is 1. The van der Waals surface area contributed by atoms with Gasteiger partial charge in [0.2, 0.25) is 0 Å². The van der Waals surface area contributed by atoms with E-state index in [9.17, 15) is 0 Å². The fourth-order valence-corrected chi connectivity index (χ4v) is 2.71. The van der Waals surface area contributed by atoms with E-state index < -0.39 is 0 Å². The minimum Gasteiger partial charge on any atom is -0.357 e. The van der Waals surface area contributed by atoms with Gasteiger partial charge < -0.3 is 15.5 Å². The van der Waals surface area contributed by atoms with Crippen molar-refractivity contribution in [3.05, 3.63) is 46.5 Å². The largest absolute Gasteiger partial charge is 0.357 e. The lowest BCUT2D eigenvalue weighted by Crippen LogP contribution is -2.36. The van der Waals surface area contributed by atoms with Crippen molar-refractivity contribution in [2.45, 2.75) is 20.0 Å². The van der Waals surface area contributed by atoms with E-state index in [0.29, 0.717) is 18.7 Å². The standard InChI is InChI=1S/C17H22N6S.HI/c1-4-19-16(20-10-14-7-5-13(9-18)6-8-14)21-11-15-12-24-17(22-15)23(2)3;/h5-8,12H,4,10-11H2,1-3H3,(H2,19,20,21);1H. The summed E-state index contributed by atoms with van der Waals surface area (Å²) in [5.41, 5.74) is 2.72. The first kappa shape index (κ1) is 21.2. The van der Waals surface area contributed by atoms with E-state index in [4.69, 9.17) is 5.26 Å². The van der Waals surface area contributed by atoms with Gasteiger partial charge in [0.25, 0.3) is 0 Å². The van der Waals surface area contributed by atoms with E-state index >= 15 is 0 Å². The molecule has 0 bridgehead atoms. The number of aliphatic imine (C=N–C) groups is 1. The van der Waals surface area contributed by atoms with Gasteiger partial charge in [-0.15, -0.1) is 35.3 Å². The van der Waals surface area contributed by atoms with Crippen LogP contribution in [0.2, 0.25) is 0 Å². The summed E-state index contributed by atoms with van der Waals surface area (Å²) in [6.07, 6.45) is 0. The zero-order valence-corrected chi connectivity index (χ0v) is 17.8. The predicted octanol–water partition coefficient (Wildman–Crippen LogP) is 2.95. The first-order valence-corrected chi connectivity index (χ1v) is 8.63. The molecular formula is C17H23IN6S. The highest BCUT2D eigenvalue weighted by Gasteiger charge is 2.04. The van der Waals surface area contributed by atoms with Crippen molar-refractivity contribution in [1.82, 2.24) is 15.6 Å². The average Bonchev–Trinajstić information content (AvgIpc) is 3.07. The summed E-state index contributed by atoms with van der Waals surface area (Å²) < 4.78 is 0. The topological polar surface area (TPSA) is 76.3 Å². The number of aromatic nitrogens is 1. The quantitative estimate of drug-likeness (QED) is 0.386. The van der Waals surface area contributed by atoms with Crippen LogP contribution >= 0.6 is 35.3 Å². The Morgan fingerprint density at radius 1 is 1.28 bits per heavy atom. The van der Waals surface area contributed by atoms with Gasteiger partial charge in [-0.1, -0.05) is 12.1 Å². The minimum atomic E-state index is 0. The van der Waals surface area contributed by atoms with E-state index in [1.807, 2.05) is 55.6 Å². The van der Waals surface area contributed by atoms with Crippen LogP contribution in [0.3, 0.4) is 0 Å².